The number of nitrogens with one attached hydrogen (secondary N) is 1. The largest absolute Gasteiger partial charge is 0.370 e. The van der Waals surface area contributed by atoms with E-state index in [1.54, 1.807) is 0 Å². The first-order valence-corrected chi connectivity index (χ1v) is 7.64. The molecule has 0 spiro atoms. The summed E-state index contributed by atoms with van der Waals surface area (Å²) in [7, 11) is 0. The highest BCUT2D eigenvalue weighted by molar-refractivity contribution is 5.85. The first-order valence-electron chi connectivity index (χ1n) is 7.64. The molecule has 2 nitrogen and oxygen atoms in total. The van der Waals surface area contributed by atoms with Crippen LogP contribution in [0.4, 0.5) is 5.82 Å². The van der Waals surface area contributed by atoms with E-state index in [0.29, 0.717) is 0 Å². The number of hydrogen-bond acceptors (Lipinski definition) is 2. The summed E-state index contributed by atoms with van der Waals surface area (Å²) >= 11 is 0. The lowest BCUT2D eigenvalue weighted by molar-refractivity contribution is 0.590. The van der Waals surface area contributed by atoms with Crippen molar-refractivity contribution >= 4 is 16.7 Å². The number of rotatable bonds is 4. The molecule has 0 aliphatic rings. The predicted molar refractivity (Wildman–Crippen MR) is 88.6 cm³/mol. The number of nitrogens with zero attached hydrogens (tertiary/aromatic N) is 1. The maximum atomic E-state index is 4.94. The van der Waals surface area contributed by atoms with Crippen molar-refractivity contribution in [1.82, 2.24) is 4.98 Å². The fourth-order valence-electron chi connectivity index (χ4n) is 2.50. The molecule has 108 valence electrons. The number of aryl methyl sites for hydroxylation is 1. The molecule has 1 aromatic heterocycles. The monoisotopic (exact) mass is 270 g/mol. The molecule has 2 aromatic rings. The highest BCUT2D eigenvalue weighted by Crippen LogP contribution is 2.32. The molecular weight excluding hydrogens is 244 g/mol. The summed E-state index contributed by atoms with van der Waals surface area (Å²) in [5.74, 6) is 1.05. The molecule has 1 heterocycles. The van der Waals surface area contributed by atoms with Gasteiger partial charge in [0.25, 0.3) is 0 Å². The van der Waals surface area contributed by atoms with Crippen LogP contribution in [0.15, 0.2) is 24.3 Å². The van der Waals surface area contributed by atoms with Crippen molar-refractivity contribution in [3.05, 3.63) is 35.4 Å². The topological polar surface area (TPSA) is 24.9 Å². The summed E-state index contributed by atoms with van der Waals surface area (Å²) < 4.78 is 0. The van der Waals surface area contributed by atoms with Crippen LogP contribution in [0.1, 0.15) is 52.2 Å². The van der Waals surface area contributed by atoms with E-state index < -0.39 is 0 Å². The van der Waals surface area contributed by atoms with Gasteiger partial charge in [-0.3, -0.25) is 0 Å². The van der Waals surface area contributed by atoms with Gasteiger partial charge in [-0.2, -0.15) is 0 Å². The zero-order chi connectivity index (χ0) is 14.8. The van der Waals surface area contributed by atoms with Gasteiger partial charge in [-0.15, -0.1) is 0 Å². The molecule has 0 saturated carbocycles. The van der Waals surface area contributed by atoms with Gasteiger partial charge < -0.3 is 5.32 Å². The number of benzene rings is 1. The van der Waals surface area contributed by atoms with E-state index in [0.717, 1.165) is 30.7 Å². The third kappa shape index (κ3) is 2.95. The van der Waals surface area contributed by atoms with Crippen molar-refractivity contribution in [2.24, 2.45) is 0 Å². The van der Waals surface area contributed by atoms with Gasteiger partial charge in [0.05, 0.1) is 5.52 Å². The first kappa shape index (κ1) is 14.8. The van der Waals surface area contributed by atoms with E-state index in [2.05, 4.69) is 64.2 Å². The number of aromatic nitrogens is 1. The third-order valence-corrected chi connectivity index (χ3v) is 3.66. The lowest BCUT2D eigenvalue weighted by Crippen LogP contribution is -2.17. The first-order chi connectivity index (χ1) is 9.47. The summed E-state index contributed by atoms with van der Waals surface area (Å²) in [6.45, 7) is 12.1. The van der Waals surface area contributed by atoms with Crippen LogP contribution >= 0.6 is 0 Å². The van der Waals surface area contributed by atoms with Crippen LogP contribution < -0.4 is 5.32 Å². The van der Waals surface area contributed by atoms with Gasteiger partial charge in [-0.1, -0.05) is 52.8 Å². The average Bonchev–Trinajstić information content (AvgIpc) is 2.42. The van der Waals surface area contributed by atoms with Crippen LogP contribution in [0.2, 0.25) is 0 Å². The highest BCUT2D eigenvalue weighted by Gasteiger charge is 2.20. The molecule has 0 unspecified atom stereocenters. The third-order valence-electron chi connectivity index (χ3n) is 3.66. The van der Waals surface area contributed by atoms with E-state index >= 15 is 0 Å². The Hall–Kier alpha value is -1.57. The molecule has 0 saturated heterocycles. The lowest BCUT2D eigenvalue weighted by atomic mass is 9.86. The Bertz CT molecular complexity index is 594. The smallest absolute Gasteiger partial charge is 0.130 e. The molecule has 2 heteroatoms. The Kier molecular flexibility index (Phi) is 4.32. The molecule has 20 heavy (non-hydrogen) atoms. The Morgan fingerprint density at radius 2 is 1.90 bits per heavy atom. The zero-order valence-electron chi connectivity index (χ0n) is 13.4. The molecule has 0 bridgehead atoms. The number of anilines is 1. The second kappa shape index (κ2) is 5.82. The van der Waals surface area contributed by atoms with Crippen LogP contribution in [-0.4, -0.2) is 11.5 Å². The molecule has 1 N–H and O–H groups in total. The van der Waals surface area contributed by atoms with Crippen molar-refractivity contribution in [3.63, 3.8) is 0 Å². The van der Waals surface area contributed by atoms with Crippen LogP contribution in [0, 0.1) is 0 Å². The fraction of sp³-hybridized carbons (Fsp3) is 0.500. The van der Waals surface area contributed by atoms with E-state index in [1.807, 2.05) is 0 Å². The minimum absolute atomic E-state index is 0.0967. The maximum Gasteiger partial charge on any atom is 0.130 e. The Labute approximate surface area is 122 Å². The summed E-state index contributed by atoms with van der Waals surface area (Å²) in [5, 5.41) is 4.75. The van der Waals surface area contributed by atoms with E-state index in [4.69, 9.17) is 4.98 Å². The second-order valence-electron chi connectivity index (χ2n) is 6.40. The van der Waals surface area contributed by atoms with Crippen LogP contribution in [0.5, 0.6) is 0 Å². The fourth-order valence-corrected chi connectivity index (χ4v) is 2.50. The zero-order valence-corrected chi connectivity index (χ0v) is 13.4. The molecule has 0 fully saturated rings. The molecular formula is C18H26N2. The van der Waals surface area contributed by atoms with E-state index in [9.17, 15) is 0 Å². The lowest BCUT2D eigenvalue weighted by Gasteiger charge is -2.23. The van der Waals surface area contributed by atoms with Crippen molar-refractivity contribution in [1.29, 1.82) is 0 Å². The molecule has 0 radical (unpaired) electrons. The quantitative estimate of drug-likeness (QED) is 0.853. The van der Waals surface area contributed by atoms with Gasteiger partial charge in [0.2, 0.25) is 0 Å². The molecule has 0 amide bonds. The highest BCUT2D eigenvalue weighted by atomic mass is 15.0. The van der Waals surface area contributed by atoms with Crippen molar-refractivity contribution in [2.45, 2.75) is 52.9 Å². The summed E-state index contributed by atoms with van der Waals surface area (Å²) in [6.07, 6.45) is 2.13. The SMILES string of the molecule is CCCNc1nc2c(CC)cccc2cc1C(C)(C)C. The van der Waals surface area contributed by atoms with Gasteiger partial charge in [-0.25, -0.2) is 4.98 Å². The molecule has 0 atom stereocenters. The molecule has 1 aromatic carbocycles. The van der Waals surface area contributed by atoms with Gasteiger partial charge in [-0.05, 0) is 29.9 Å². The van der Waals surface area contributed by atoms with Gasteiger partial charge in [0.1, 0.15) is 5.82 Å². The summed E-state index contributed by atoms with van der Waals surface area (Å²) in [4.78, 5) is 4.94. The van der Waals surface area contributed by atoms with Crippen LogP contribution in [-0.2, 0) is 11.8 Å². The van der Waals surface area contributed by atoms with Crippen molar-refractivity contribution in [2.75, 3.05) is 11.9 Å². The normalized spacial score (nSPS) is 11.8. The Morgan fingerprint density at radius 1 is 1.15 bits per heavy atom. The number of hydrogen-bond donors (Lipinski definition) is 1. The standard InChI is InChI=1S/C18H26N2/c1-6-11-19-17-15(18(3,4)5)12-14-10-8-9-13(7-2)16(14)20-17/h8-10,12H,6-7,11H2,1-5H3,(H,19,20). The van der Waals surface area contributed by atoms with Gasteiger partial charge in [0.15, 0.2) is 0 Å². The summed E-state index contributed by atoms with van der Waals surface area (Å²) in [6, 6.07) is 8.78. The van der Waals surface area contributed by atoms with Gasteiger partial charge in [0, 0.05) is 17.5 Å². The predicted octanol–water partition coefficient (Wildman–Crippen LogP) is 4.92. The Balaban J connectivity index is 2.65. The molecule has 0 aliphatic heterocycles. The number of fused-ring (bicyclic) bond motifs is 1. The minimum atomic E-state index is 0.0967. The number of para-hydroxylation sites is 1. The maximum absolute atomic E-state index is 4.94. The second-order valence-corrected chi connectivity index (χ2v) is 6.40. The molecule has 0 aliphatic carbocycles. The summed E-state index contributed by atoms with van der Waals surface area (Å²) in [5.41, 5.74) is 3.86. The van der Waals surface area contributed by atoms with E-state index in [-0.39, 0.29) is 5.41 Å². The Morgan fingerprint density at radius 3 is 2.50 bits per heavy atom. The van der Waals surface area contributed by atoms with Crippen LogP contribution in [0.25, 0.3) is 10.9 Å². The van der Waals surface area contributed by atoms with Gasteiger partial charge >= 0.3 is 0 Å². The van der Waals surface area contributed by atoms with E-state index in [1.165, 1.54) is 16.5 Å². The average molecular weight is 270 g/mol. The van der Waals surface area contributed by atoms with Crippen LogP contribution in [0.3, 0.4) is 0 Å². The van der Waals surface area contributed by atoms with Crippen molar-refractivity contribution in [3.8, 4) is 0 Å². The molecule has 2 rings (SSSR count). The minimum Gasteiger partial charge on any atom is -0.370 e. The van der Waals surface area contributed by atoms with Crippen molar-refractivity contribution < 1.29 is 0 Å². The number of pyridine rings is 1.